The fourth-order valence-corrected chi connectivity index (χ4v) is 3.06. The number of Topliss-reactive ketones (excluding diaryl/α,β-unsaturated/α-hetero) is 1. The van der Waals surface area contributed by atoms with Crippen LogP contribution in [0.15, 0.2) is 52.9 Å². The third-order valence-electron chi connectivity index (χ3n) is 3.48. The maximum Gasteiger partial charge on any atom is 0.189 e. The number of thioether (sulfide) groups is 1. The van der Waals surface area contributed by atoms with E-state index in [1.807, 2.05) is 42.7 Å². The van der Waals surface area contributed by atoms with Crippen molar-refractivity contribution in [1.82, 2.24) is 0 Å². The summed E-state index contributed by atoms with van der Waals surface area (Å²) in [5, 5.41) is 0.678. The summed E-state index contributed by atoms with van der Waals surface area (Å²) >= 11 is 7.87. The summed E-state index contributed by atoms with van der Waals surface area (Å²) in [7, 11) is 0. The van der Waals surface area contributed by atoms with E-state index in [0.717, 1.165) is 22.3 Å². The van der Waals surface area contributed by atoms with Gasteiger partial charge in [-0.05, 0) is 41.7 Å². The second-order valence-electron chi connectivity index (χ2n) is 4.71. The number of benzene rings is 2. The highest BCUT2D eigenvalue weighted by Crippen LogP contribution is 2.32. The summed E-state index contributed by atoms with van der Waals surface area (Å²) < 4.78 is 0. The van der Waals surface area contributed by atoms with Crippen molar-refractivity contribution in [2.24, 2.45) is 0 Å². The normalized spacial score (nSPS) is 15.7. The molecule has 1 aliphatic rings. The maximum atomic E-state index is 12.3. The predicted octanol–water partition coefficient (Wildman–Crippen LogP) is 4.88. The van der Waals surface area contributed by atoms with E-state index < -0.39 is 0 Å². The highest BCUT2D eigenvalue weighted by Gasteiger charge is 2.26. The van der Waals surface area contributed by atoms with Gasteiger partial charge in [-0.15, -0.1) is 11.8 Å². The average Bonchev–Trinajstić information content (AvgIpc) is 2.79. The van der Waals surface area contributed by atoms with Crippen LogP contribution in [-0.4, -0.2) is 12.0 Å². The SMILES string of the molecule is CSc1ccc(C=C2Cc3c(Cl)cccc3C2=O)cc1. The van der Waals surface area contributed by atoms with Gasteiger partial charge in [-0.25, -0.2) is 0 Å². The summed E-state index contributed by atoms with van der Waals surface area (Å²) in [6.07, 6.45) is 4.63. The Labute approximate surface area is 127 Å². The first-order valence-corrected chi connectivity index (χ1v) is 7.96. The molecule has 0 radical (unpaired) electrons. The zero-order chi connectivity index (χ0) is 14.1. The van der Waals surface area contributed by atoms with Gasteiger partial charge >= 0.3 is 0 Å². The first-order valence-electron chi connectivity index (χ1n) is 6.36. The molecule has 1 nitrogen and oxygen atoms in total. The molecule has 100 valence electrons. The van der Waals surface area contributed by atoms with Crippen LogP contribution in [0.3, 0.4) is 0 Å². The molecule has 0 bridgehead atoms. The fourth-order valence-electron chi connectivity index (χ4n) is 2.41. The van der Waals surface area contributed by atoms with Crippen molar-refractivity contribution in [3.63, 3.8) is 0 Å². The van der Waals surface area contributed by atoms with Crippen LogP contribution < -0.4 is 0 Å². The zero-order valence-electron chi connectivity index (χ0n) is 11.0. The molecule has 0 N–H and O–H groups in total. The smallest absolute Gasteiger partial charge is 0.189 e. The van der Waals surface area contributed by atoms with Gasteiger partial charge in [-0.2, -0.15) is 0 Å². The molecule has 0 spiro atoms. The molecule has 0 saturated heterocycles. The van der Waals surface area contributed by atoms with Crippen LogP contribution in [0.5, 0.6) is 0 Å². The summed E-state index contributed by atoms with van der Waals surface area (Å²) in [5.41, 5.74) is 3.55. The van der Waals surface area contributed by atoms with Crippen molar-refractivity contribution in [3.05, 3.63) is 69.8 Å². The molecule has 0 fully saturated rings. The summed E-state index contributed by atoms with van der Waals surface area (Å²) in [6.45, 7) is 0. The lowest BCUT2D eigenvalue weighted by Crippen LogP contribution is -1.94. The van der Waals surface area contributed by atoms with Gasteiger partial charge in [0.05, 0.1) is 0 Å². The van der Waals surface area contributed by atoms with Gasteiger partial charge in [-0.1, -0.05) is 35.9 Å². The van der Waals surface area contributed by atoms with Crippen LogP contribution in [-0.2, 0) is 6.42 Å². The maximum absolute atomic E-state index is 12.3. The molecule has 0 saturated carbocycles. The van der Waals surface area contributed by atoms with E-state index in [-0.39, 0.29) is 5.78 Å². The summed E-state index contributed by atoms with van der Waals surface area (Å²) in [6, 6.07) is 13.7. The number of allylic oxidation sites excluding steroid dienone is 1. The van der Waals surface area contributed by atoms with Gasteiger partial charge in [-0.3, -0.25) is 4.79 Å². The van der Waals surface area contributed by atoms with Gasteiger partial charge in [0.2, 0.25) is 0 Å². The number of fused-ring (bicyclic) bond motifs is 1. The molecule has 2 aromatic rings. The molecular formula is C17H13ClOS. The van der Waals surface area contributed by atoms with Gasteiger partial charge < -0.3 is 0 Å². The van der Waals surface area contributed by atoms with Crippen molar-refractivity contribution in [2.75, 3.05) is 6.26 Å². The first-order chi connectivity index (χ1) is 9.69. The molecule has 1 aliphatic carbocycles. The molecule has 0 unspecified atom stereocenters. The molecular weight excluding hydrogens is 288 g/mol. The lowest BCUT2D eigenvalue weighted by molar-refractivity contribution is 0.104. The Balaban J connectivity index is 1.95. The molecule has 0 heterocycles. The number of hydrogen-bond acceptors (Lipinski definition) is 2. The van der Waals surface area contributed by atoms with Gasteiger partial charge in [0, 0.05) is 27.5 Å². The zero-order valence-corrected chi connectivity index (χ0v) is 12.6. The fraction of sp³-hybridized carbons (Fsp3) is 0.118. The van der Waals surface area contributed by atoms with Crippen molar-refractivity contribution in [1.29, 1.82) is 0 Å². The van der Waals surface area contributed by atoms with E-state index in [4.69, 9.17) is 11.6 Å². The van der Waals surface area contributed by atoms with Crippen LogP contribution in [0.25, 0.3) is 6.08 Å². The van der Waals surface area contributed by atoms with Gasteiger partial charge in [0.25, 0.3) is 0 Å². The molecule has 0 aliphatic heterocycles. The van der Waals surface area contributed by atoms with Crippen LogP contribution in [0.1, 0.15) is 21.5 Å². The van der Waals surface area contributed by atoms with Crippen molar-refractivity contribution in [2.45, 2.75) is 11.3 Å². The average molecular weight is 301 g/mol. The molecule has 3 heteroatoms. The molecule has 3 rings (SSSR count). The Morgan fingerprint density at radius 1 is 1.15 bits per heavy atom. The largest absolute Gasteiger partial charge is 0.289 e. The number of ketones is 1. The highest BCUT2D eigenvalue weighted by molar-refractivity contribution is 7.98. The van der Waals surface area contributed by atoms with E-state index in [1.165, 1.54) is 4.90 Å². The summed E-state index contributed by atoms with van der Waals surface area (Å²) in [4.78, 5) is 13.6. The van der Waals surface area contributed by atoms with E-state index in [2.05, 4.69) is 12.1 Å². The Morgan fingerprint density at radius 3 is 2.55 bits per heavy atom. The van der Waals surface area contributed by atoms with Gasteiger partial charge in [0.15, 0.2) is 5.78 Å². The number of halogens is 1. The molecule has 0 atom stereocenters. The minimum Gasteiger partial charge on any atom is -0.289 e. The molecule has 0 amide bonds. The second-order valence-corrected chi connectivity index (χ2v) is 6.00. The first kappa shape index (κ1) is 13.5. The molecule has 20 heavy (non-hydrogen) atoms. The highest BCUT2D eigenvalue weighted by atomic mass is 35.5. The van der Waals surface area contributed by atoms with Crippen molar-refractivity contribution < 1.29 is 4.79 Å². The minimum atomic E-state index is 0.0939. The van der Waals surface area contributed by atoms with Crippen LogP contribution in [0, 0.1) is 0 Å². The second kappa shape index (κ2) is 5.47. The Bertz CT molecular complexity index is 701. The quantitative estimate of drug-likeness (QED) is 0.580. The van der Waals surface area contributed by atoms with Crippen LogP contribution in [0.2, 0.25) is 5.02 Å². The number of carbonyl (C=O) groups excluding carboxylic acids is 1. The Hall–Kier alpha value is -1.51. The molecule has 2 aromatic carbocycles. The Morgan fingerprint density at radius 2 is 1.90 bits per heavy atom. The lowest BCUT2D eigenvalue weighted by atomic mass is 10.1. The minimum absolute atomic E-state index is 0.0939. The van der Waals surface area contributed by atoms with Crippen LogP contribution in [0.4, 0.5) is 0 Å². The van der Waals surface area contributed by atoms with Gasteiger partial charge in [0.1, 0.15) is 0 Å². The number of hydrogen-bond donors (Lipinski definition) is 0. The lowest BCUT2D eigenvalue weighted by Gasteiger charge is -1.99. The van der Waals surface area contributed by atoms with E-state index in [0.29, 0.717) is 11.4 Å². The van der Waals surface area contributed by atoms with E-state index in [1.54, 1.807) is 11.8 Å². The standard InChI is InChI=1S/C17H13ClOS/c1-20-13-7-5-11(6-8-13)9-12-10-15-14(17(12)19)3-2-4-16(15)18/h2-9H,10H2,1H3. The van der Waals surface area contributed by atoms with E-state index >= 15 is 0 Å². The monoisotopic (exact) mass is 300 g/mol. The summed E-state index contributed by atoms with van der Waals surface area (Å²) in [5.74, 6) is 0.0939. The van der Waals surface area contributed by atoms with Crippen LogP contribution >= 0.6 is 23.4 Å². The molecule has 0 aromatic heterocycles. The predicted molar refractivity (Wildman–Crippen MR) is 85.7 cm³/mol. The number of carbonyl (C=O) groups is 1. The van der Waals surface area contributed by atoms with E-state index in [9.17, 15) is 4.79 Å². The third kappa shape index (κ3) is 2.41. The third-order valence-corrected chi connectivity index (χ3v) is 4.58. The topological polar surface area (TPSA) is 17.1 Å². The van der Waals surface area contributed by atoms with Crippen molar-refractivity contribution in [3.8, 4) is 0 Å². The van der Waals surface area contributed by atoms with Crippen molar-refractivity contribution >= 4 is 35.2 Å². The Kier molecular flexibility index (Phi) is 3.68. The number of rotatable bonds is 2.